The van der Waals surface area contributed by atoms with Crippen LogP contribution in [0.15, 0.2) is 24.3 Å². The average molecular weight is 216 g/mol. The minimum Gasteiger partial charge on any atom is -0.302 e. The Balaban J connectivity index is 2.45. The highest BCUT2D eigenvalue weighted by Crippen LogP contribution is 2.24. The zero-order chi connectivity index (χ0) is 11.6. The average Bonchev–Trinajstić information content (AvgIpc) is 2.83. The van der Waals surface area contributed by atoms with Crippen LogP contribution in [0, 0.1) is 0 Å². The van der Waals surface area contributed by atoms with Gasteiger partial charge in [0, 0.05) is 11.0 Å². The number of hydrogen-bond acceptors (Lipinski definition) is 4. The molecular formula is C11H12N4O. The Morgan fingerprint density at radius 2 is 2.19 bits per heavy atom. The molecule has 2 rings (SSSR count). The molecule has 0 bridgehead atoms. The minimum absolute atomic E-state index is 0.500. The lowest BCUT2D eigenvalue weighted by atomic mass is 9.85. The van der Waals surface area contributed by atoms with Gasteiger partial charge in [-0.05, 0) is 30.7 Å². The van der Waals surface area contributed by atoms with Gasteiger partial charge in [-0.15, -0.1) is 10.2 Å². The fourth-order valence-corrected chi connectivity index (χ4v) is 1.41. The maximum Gasteiger partial charge on any atom is 0.204 e. The summed E-state index contributed by atoms with van der Waals surface area (Å²) in [5.74, 6) is 0.531. The summed E-state index contributed by atoms with van der Waals surface area (Å²) in [7, 11) is 0. The number of carbonyl (C=O) groups excluding carboxylic acids is 1. The van der Waals surface area contributed by atoms with Gasteiger partial charge in [0.2, 0.25) is 5.82 Å². The molecule has 5 heteroatoms. The molecule has 1 aromatic carbocycles. The Hall–Kier alpha value is -2.04. The molecule has 0 unspecified atom stereocenters. The Bertz CT molecular complexity index is 490. The zero-order valence-corrected chi connectivity index (χ0v) is 9.14. The summed E-state index contributed by atoms with van der Waals surface area (Å²) in [6, 6.07) is 7.58. The summed E-state index contributed by atoms with van der Waals surface area (Å²) in [4.78, 5) is 11.0. The molecule has 0 saturated carbocycles. The van der Waals surface area contributed by atoms with E-state index in [4.69, 9.17) is 0 Å². The topological polar surface area (TPSA) is 71.5 Å². The van der Waals surface area contributed by atoms with Gasteiger partial charge in [-0.25, -0.2) is 0 Å². The largest absolute Gasteiger partial charge is 0.302 e. The van der Waals surface area contributed by atoms with E-state index in [-0.39, 0.29) is 0 Å². The molecule has 0 saturated heterocycles. The van der Waals surface area contributed by atoms with E-state index >= 15 is 0 Å². The first-order valence-electron chi connectivity index (χ1n) is 4.94. The van der Waals surface area contributed by atoms with E-state index < -0.39 is 5.41 Å². The number of aromatic amines is 1. The molecule has 16 heavy (non-hydrogen) atoms. The number of nitrogens with zero attached hydrogens (tertiary/aromatic N) is 3. The molecule has 0 aliphatic heterocycles. The number of aldehydes is 1. The van der Waals surface area contributed by atoms with Crippen molar-refractivity contribution in [3.8, 4) is 11.4 Å². The summed E-state index contributed by atoms with van der Waals surface area (Å²) in [5.41, 5.74) is 1.28. The minimum atomic E-state index is -0.500. The van der Waals surface area contributed by atoms with Crippen LogP contribution in [-0.2, 0) is 10.2 Å². The van der Waals surface area contributed by atoms with Crippen molar-refractivity contribution >= 4 is 6.29 Å². The van der Waals surface area contributed by atoms with Crippen LogP contribution in [0.1, 0.15) is 19.4 Å². The molecule has 0 atom stereocenters. The highest BCUT2D eigenvalue weighted by molar-refractivity contribution is 5.69. The predicted octanol–water partition coefficient (Wildman–Crippen LogP) is 1.34. The highest BCUT2D eigenvalue weighted by Gasteiger charge is 2.20. The number of carbonyl (C=O) groups is 1. The number of H-pyrrole nitrogens is 1. The summed E-state index contributed by atoms with van der Waals surface area (Å²) in [6.07, 6.45) is 0.933. The third-order valence-corrected chi connectivity index (χ3v) is 2.50. The molecule has 0 spiro atoms. The maximum atomic E-state index is 11.0. The third kappa shape index (κ3) is 1.84. The quantitative estimate of drug-likeness (QED) is 0.786. The van der Waals surface area contributed by atoms with Crippen molar-refractivity contribution in [1.29, 1.82) is 0 Å². The van der Waals surface area contributed by atoms with Gasteiger partial charge in [-0.1, -0.05) is 18.2 Å². The second-order valence-corrected chi connectivity index (χ2v) is 4.16. The zero-order valence-electron chi connectivity index (χ0n) is 9.14. The van der Waals surface area contributed by atoms with Crippen molar-refractivity contribution in [1.82, 2.24) is 20.6 Å². The molecule has 82 valence electrons. The molecule has 1 heterocycles. The fourth-order valence-electron chi connectivity index (χ4n) is 1.41. The van der Waals surface area contributed by atoms with E-state index in [0.717, 1.165) is 17.4 Å². The Morgan fingerprint density at radius 1 is 1.38 bits per heavy atom. The number of tetrazole rings is 1. The monoisotopic (exact) mass is 216 g/mol. The molecule has 0 aliphatic carbocycles. The third-order valence-electron chi connectivity index (χ3n) is 2.50. The lowest BCUT2D eigenvalue weighted by Crippen LogP contribution is -2.18. The Morgan fingerprint density at radius 3 is 2.81 bits per heavy atom. The number of nitrogens with one attached hydrogen (secondary N) is 1. The normalized spacial score (nSPS) is 11.4. The number of benzene rings is 1. The Kier molecular flexibility index (Phi) is 2.52. The molecule has 0 aliphatic rings. The van der Waals surface area contributed by atoms with Crippen molar-refractivity contribution in [2.24, 2.45) is 0 Å². The summed E-state index contributed by atoms with van der Waals surface area (Å²) < 4.78 is 0. The second kappa shape index (κ2) is 3.84. The van der Waals surface area contributed by atoms with Crippen LogP contribution >= 0.6 is 0 Å². The first kappa shape index (κ1) is 10.5. The van der Waals surface area contributed by atoms with Crippen LogP contribution in [-0.4, -0.2) is 26.9 Å². The van der Waals surface area contributed by atoms with E-state index in [0.29, 0.717) is 5.82 Å². The van der Waals surface area contributed by atoms with E-state index in [1.807, 2.05) is 38.1 Å². The standard InChI is InChI=1S/C11H12N4O/c1-11(2,7-16)9-5-3-4-8(6-9)10-12-14-15-13-10/h3-7H,1-2H3,(H,12,13,14,15). The predicted molar refractivity (Wildman–Crippen MR) is 58.7 cm³/mol. The number of hydrogen-bond donors (Lipinski definition) is 1. The van der Waals surface area contributed by atoms with Crippen LogP contribution in [0.4, 0.5) is 0 Å². The van der Waals surface area contributed by atoms with Crippen molar-refractivity contribution < 1.29 is 4.79 Å². The molecule has 1 aromatic heterocycles. The van der Waals surface area contributed by atoms with Crippen molar-refractivity contribution in [2.45, 2.75) is 19.3 Å². The molecular weight excluding hydrogens is 204 g/mol. The summed E-state index contributed by atoms with van der Waals surface area (Å²) in [6.45, 7) is 3.74. The van der Waals surface area contributed by atoms with Gasteiger partial charge in [0.15, 0.2) is 0 Å². The van der Waals surface area contributed by atoms with Gasteiger partial charge in [0.1, 0.15) is 6.29 Å². The van der Waals surface area contributed by atoms with Crippen LogP contribution in [0.25, 0.3) is 11.4 Å². The highest BCUT2D eigenvalue weighted by atomic mass is 16.1. The molecule has 0 radical (unpaired) electrons. The fraction of sp³-hybridized carbons (Fsp3) is 0.273. The van der Waals surface area contributed by atoms with Gasteiger partial charge in [0.05, 0.1) is 0 Å². The summed E-state index contributed by atoms with van der Waals surface area (Å²) in [5, 5.41) is 13.7. The smallest absolute Gasteiger partial charge is 0.204 e. The van der Waals surface area contributed by atoms with Crippen LogP contribution in [0.3, 0.4) is 0 Å². The lowest BCUT2D eigenvalue weighted by Gasteiger charge is -2.17. The van der Waals surface area contributed by atoms with Crippen LogP contribution in [0.2, 0.25) is 0 Å². The SMILES string of the molecule is CC(C)(C=O)c1cccc(-c2nn[nH]n2)c1. The van der Waals surface area contributed by atoms with Gasteiger partial charge in [-0.3, -0.25) is 0 Å². The van der Waals surface area contributed by atoms with Gasteiger partial charge >= 0.3 is 0 Å². The Labute approximate surface area is 92.9 Å². The van der Waals surface area contributed by atoms with Crippen molar-refractivity contribution in [3.05, 3.63) is 29.8 Å². The van der Waals surface area contributed by atoms with E-state index in [2.05, 4.69) is 20.6 Å². The maximum absolute atomic E-state index is 11.0. The van der Waals surface area contributed by atoms with Crippen molar-refractivity contribution in [3.63, 3.8) is 0 Å². The second-order valence-electron chi connectivity index (χ2n) is 4.16. The molecule has 1 N–H and O–H groups in total. The first-order valence-corrected chi connectivity index (χ1v) is 4.94. The van der Waals surface area contributed by atoms with Crippen molar-refractivity contribution in [2.75, 3.05) is 0 Å². The molecule has 2 aromatic rings. The molecule has 0 amide bonds. The number of aromatic nitrogens is 4. The summed E-state index contributed by atoms with van der Waals surface area (Å²) >= 11 is 0. The van der Waals surface area contributed by atoms with Gasteiger partial charge in [-0.2, -0.15) is 5.21 Å². The lowest BCUT2D eigenvalue weighted by molar-refractivity contribution is -0.111. The molecule has 5 nitrogen and oxygen atoms in total. The van der Waals surface area contributed by atoms with Crippen LogP contribution < -0.4 is 0 Å². The molecule has 0 fully saturated rings. The van der Waals surface area contributed by atoms with Gasteiger partial charge in [0.25, 0.3) is 0 Å². The van der Waals surface area contributed by atoms with E-state index in [1.165, 1.54) is 0 Å². The van der Waals surface area contributed by atoms with E-state index in [1.54, 1.807) is 0 Å². The van der Waals surface area contributed by atoms with Gasteiger partial charge < -0.3 is 4.79 Å². The number of rotatable bonds is 3. The van der Waals surface area contributed by atoms with E-state index in [9.17, 15) is 4.79 Å². The first-order chi connectivity index (χ1) is 7.63. The van der Waals surface area contributed by atoms with Crippen LogP contribution in [0.5, 0.6) is 0 Å².